The number of hydrogen-bond donors (Lipinski definition) is 1. The Labute approximate surface area is 206 Å². The van der Waals surface area contributed by atoms with Crippen molar-refractivity contribution in [2.75, 3.05) is 11.6 Å². The smallest absolute Gasteiger partial charge is 0.233 e. The highest BCUT2D eigenvalue weighted by Crippen LogP contribution is 2.36. The van der Waals surface area contributed by atoms with E-state index in [1.807, 2.05) is 6.20 Å². The number of carbonyl (C=O) groups is 1. The molecule has 4 rings (SSSR count). The highest BCUT2D eigenvalue weighted by molar-refractivity contribution is 7.90. The van der Waals surface area contributed by atoms with Crippen LogP contribution in [0.5, 0.6) is 0 Å². The molecule has 6 nitrogen and oxygen atoms in total. The van der Waals surface area contributed by atoms with Crippen molar-refractivity contribution in [2.45, 2.75) is 56.4 Å². The van der Waals surface area contributed by atoms with Gasteiger partial charge in [0, 0.05) is 18.5 Å². The Morgan fingerprint density at radius 2 is 1.85 bits per heavy atom. The number of rotatable bonds is 8. The van der Waals surface area contributed by atoms with Crippen LogP contribution in [0.15, 0.2) is 59.6 Å². The van der Waals surface area contributed by atoms with E-state index in [0.717, 1.165) is 30.2 Å². The predicted octanol–water partition coefficient (Wildman–Crippen LogP) is 5.60. The first kappa shape index (κ1) is 24.5. The molecule has 0 saturated heterocycles. The van der Waals surface area contributed by atoms with Crippen molar-refractivity contribution in [3.63, 3.8) is 0 Å². The first-order chi connectivity index (χ1) is 16.2. The fourth-order valence-corrected chi connectivity index (χ4v) is 5.96. The number of amides is 1. The summed E-state index contributed by atoms with van der Waals surface area (Å²) < 4.78 is 25.7. The number of aromatic nitrogens is 2. The molecule has 1 heterocycles. The highest BCUT2D eigenvalue weighted by Gasteiger charge is 2.28. The van der Waals surface area contributed by atoms with E-state index >= 15 is 0 Å². The van der Waals surface area contributed by atoms with Gasteiger partial charge in [-0.2, -0.15) is 5.10 Å². The zero-order valence-corrected chi connectivity index (χ0v) is 21.1. The molecule has 2 aromatic carbocycles. The highest BCUT2D eigenvalue weighted by atomic mass is 35.5. The van der Waals surface area contributed by atoms with Crippen molar-refractivity contribution < 1.29 is 13.2 Å². The maximum atomic E-state index is 13.4. The van der Waals surface area contributed by atoms with Crippen LogP contribution in [0.25, 0.3) is 0 Å². The van der Waals surface area contributed by atoms with Crippen molar-refractivity contribution in [1.29, 1.82) is 0 Å². The number of nitrogens with one attached hydrogen (secondary N) is 1. The largest absolute Gasteiger partial charge is 0.309 e. The summed E-state index contributed by atoms with van der Waals surface area (Å²) in [5.41, 5.74) is 3.06. The molecule has 1 atom stereocenters. The second kappa shape index (κ2) is 10.3. The molecule has 1 N–H and O–H groups in total. The minimum atomic E-state index is -3.44. The van der Waals surface area contributed by atoms with E-state index in [1.54, 1.807) is 22.9 Å². The van der Waals surface area contributed by atoms with Crippen LogP contribution < -0.4 is 5.32 Å². The maximum Gasteiger partial charge on any atom is 0.233 e. The molecule has 8 heteroatoms. The molecule has 0 radical (unpaired) electrons. The molecule has 1 amide bonds. The molecular weight excluding hydrogens is 470 g/mol. The van der Waals surface area contributed by atoms with Gasteiger partial charge in [0.25, 0.3) is 0 Å². The molecule has 1 aliphatic carbocycles. The third-order valence-corrected chi connectivity index (χ3v) is 8.05. The number of hydrogen-bond acceptors (Lipinski definition) is 4. The van der Waals surface area contributed by atoms with Gasteiger partial charge in [-0.3, -0.25) is 9.48 Å². The SMILES string of the molecule is Cc1ccc(Cn2ccc(NC(=O)[C@H](CC3CCCC3)c3ccc(S(C)(=O)=O)c(Cl)c3)n2)cc1. The minimum Gasteiger partial charge on any atom is -0.309 e. The monoisotopic (exact) mass is 499 g/mol. The Morgan fingerprint density at radius 3 is 2.50 bits per heavy atom. The van der Waals surface area contributed by atoms with Gasteiger partial charge in [0.05, 0.1) is 22.4 Å². The summed E-state index contributed by atoms with van der Waals surface area (Å²) in [5.74, 6) is 0.364. The van der Waals surface area contributed by atoms with Crippen molar-refractivity contribution in [3.8, 4) is 0 Å². The molecule has 0 unspecified atom stereocenters. The Balaban J connectivity index is 1.52. The van der Waals surface area contributed by atoms with Crippen LogP contribution in [0.4, 0.5) is 5.82 Å². The summed E-state index contributed by atoms with van der Waals surface area (Å²) in [6.07, 6.45) is 8.23. The van der Waals surface area contributed by atoms with Gasteiger partial charge in [0.1, 0.15) is 0 Å². The van der Waals surface area contributed by atoms with Crippen LogP contribution in [-0.4, -0.2) is 30.4 Å². The van der Waals surface area contributed by atoms with Crippen molar-refractivity contribution in [2.24, 2.45) is 5.92 Å². The van der Waals surface area contributed by atoms with E-state index in [4.69, 9.17) is 11.6 Å². The van der Waals surface area contributed by atoms with E-state index in [9.17, 15) is 13.2 Å². The Morgan fingerprint density at radius 1 is 1.15 bits per heavy atom. The lowest BCUT2D eigenvalue weighted by Gasteiger charge is -2.21. The number of anilines is 1. The third kappa shape index (κ3) is 6.07. The minimum absolute atomic E-state index is 0.0767. The maximum absolute atomic E-state index is 13.4. The molecule has 1 aliphatic rings. The van der Waals surface area contributed by atoms with Crippen LogP contribution in [0.1, 0.15) is 54.7 Å². The summed E-state index contributed by atoms with van der Waals surface area (Å²) in [7, 11) is -3.44. The normalized spacial score (nSPS) is 15.4. The second-order valence-corrected chi connectivity index (χ2v) is 11.7. The molecule has 34 heavy (non-hydrogen) atoms. The van der Waals surface area contributed by atoms with E-state index in [-0.39, 0.29) is 15.8 Å². The molecule has 1 saturated carbocycles. The van der Waals surface area contributed by atoms with Gasteiger partial charge in [-0.05, 0) is 42.5 Å². The topological polar surface area (TPSA) is 81.1 Å². The summed E-state index contributed by atoms with van der Waals surface area (Å²) in [5, 5.41) is 7.63. The molecule has 1 aromatic heterocycles. The van der Waals surface area contributed by atoms with Gasteiger partial charge < -0.3 is 5.32 Å². The lowest BCUT2D eigenvalue weighted by molar-refractivity contribution is -0.118. The lowest BCUT2D eigenvalue weighted by atomic mass is 9.87. The molecule has 0 aliphatic heterocycles. The number of nitrogens with zero attached hydrogens (tertiary/aromatic N) is 2. The van der Waals surface area contributed by atoms with Gasteiger partial charge in [-0.25, -0.2) is 8.42 Å². The lowest BCUT2D eigenvalue weighted by Crippen LogP contribution is -2.23. The number of aryl methyl sites for hydroxylation is 1. The van der Waals surface area contributed by atoms with Crippen LogP contribution in [-0.2, 0) is 21.2 Å². The zero-order chi connectivity index (χ0) is 24.3. The Bertz CT molecular complexity index is 1260. The second-order valence-electron chi connectivity index (χ2n) is 9.27. The molecule has 180 valence electrons. The number of halogens is 1. The van der Waals surface area contributed by atoms with Crippen molar-refractivity contribution in [3.05, 3.63) is 76.4 Å². The van der Waals surface area contributed by atoms with E-state index < -0.39 is 15.8 Å². The van der Waals surface area contributed by atoms with E-state index in [1.165, 1.54) is 24.5 Å². The summed E-state index contributed by atoms with van der Waals surface area (Å²) in [6, 6.07) is 14.9. The van der Waals surface area contributed by atoms with E-state index in [0.29, 0.717) is 24.7 Å². The van der Waals surface area contributed by atoms with E-state index in [2.05, 4.69) is 41.6 Å². The molecule has 0 spiro atoms. The molecule has 0 bridgehead atoms. The molecular formula is C26H30ClN3O3S. The number of carbonyl (C=O) groups excluding carboxylic acids is 1. The fourth-order valence-electron chi connectivity index (χ4n) is 4.62. The van der Waals surface area contributed by atoms with Gasteiger partial charge in [-0.1, -0.05) is 73.2 Å². The van der Waals surface area contributed by atoms with Gasteiger partial charge in [-0.15, -0.1) is 0 Å². The number of sulfone groups is 1. The standard InChI is InChI=1S/C26H30ClN3O3S/c1-18-7-9-20(10-8-18)17-30-14-13-25(29-30)28-26(31)22(15-19-5-3-4-6-19)21-11-12-24(23(27)16-21)34(2,32)33/h7-14,16,19,22H,3-6,15,17H2,1-2H3,(H,28,29,31)/t22-/m1/s1. The third-order valence-electron chi connectivity index (χ3n) is 6.48. The van der Waals surface area contributed by atoms with Gasteiger partial charge >= 0.3 is 0 Å². The van der Waals surface area contributed by atoms with Crippen molar-refractivity contribution >= 4 is 33.2 Å². The summed E-state index contributed by atoms with van der Waals surface area (Å²) in [4.78, 5) is 13.5. The summed E-state index contributed by atoms with van der Waals surface area (Å²) >= 11 is 6.30. The van der Waals surface area contributed by atoms with Gasteiger partial charge in [0.2, 0.25) is 5.91 Å². The predicted molar refractivity (Wildman–Crippen MR) is 135 cm³/mol. The van der Waals surface area contributed by atoms with Crippen LogP contribution in [0, 0.1) is 12.8 Å². The quantitative estimate of drug-likeness (QED) is 0.437. The first-order valence-corrected chi connectivity index (χ1v) is 13.9. The average Bonchev–Trinajstić information content (AvgIpc) is 3.44. The zero-order valence-electron chi connectivity index (χ0n) is 19.5. The van der Waals surface area contributed by atoms with Crippen LogP contribution >= 0.6 is 11.6 Å². The first-order valence-electron chi connectivity index (χ1n) is 11.6. The fraction of sp³-hybridized carbons (Fsp3) is 0.385. The Kier molecular flexibility index (Phi) is 7.43. The van der Waals surface area contributed by atoms with Gasteiger partial charge in [0.15, 0.2) is 15.7 Å². The van der Waals surface area contributed by atoms with Crippen molar-refractivity contribution in [1.82, 2.24) is 9.78 Å². The molecule has 3 aromatic rings. The summed E-state index contributed by atoms with van der Waals surface area (Å²) in [6.45, 7) is 2.67. The average molecular weight is 500 g/mol. The Hall–Kier alpha value is -2.64. The number of benzene rings is 2. The molecule has 1 fully saturated rings. The van der Waals surface area contributed by atoms with Crippen LogP contribution in [0.3, 0.4) is 0 Å². The van der Waals surface area contributed by atoms with Crippen LogP contribution in [0.2, 0.25) is 5.02 Å².